The van der Waals surface area contributed by atoms with Crippen LogP contribution in [0.15, 0.2) is 63.9 Å². The lowest BCUT2D eigenvalue weighted by Gasteiger charge is -2.27. The number of hydrogen-bond acceptors (Lipinski definition) is 3. The maximum atomic E-state index is 13.0. The molecule has 0 saturated heterocycles. The van der Waals surface area contributed by atoms with Gasteiger partial charge in [0, 0.05) is 24.1 Å². The Balaban J connectivity index is 1.47. The summed E-state index contributed by atoms with van der Waals surface area (Å²) in [6.45, 7) is 2.69. The van der Waals surface area contributed by atoms with E-state index >= 15 is 0 Å². The van der Waals surface area contributed by atoms with Gasteiger partial charge in [-0.05, 0) is 74.4 Å². The first-order valence-electron chi connectivity index (χ1n) is 10.9. The summed E-state index contributed by atoms with van der Waals surface area (Å²) in [6.07, 6.45) is 10.0. The number of likely N-dealkylation sites (N-methyl/N-ethyl adjacent to an activating group) is 1. The van der Waals surface area contributed by atoms with Gasteiger partial charge in [-0.1, -0.05) is 47.7 Å². The van der Waals surface area contributed by atoms with Crippen LogP contribution >= 0.6 is 11.8 Å². The standard InChI is InChI=1S/C26H28N2O2S/c1-18-8-6-7-11-20(18)17-24-26(30)28(2)22-16-21(12-13-23(22)31-24)25(29)27-15-14-19-9-4-3-5-10-19/h6-9,11-13,16-17H,3-5,10,14-15H2,1-2H3,(H,27,29)/b24-17-. The van der Waals surface area contributed by atoms with Gasteiger partial charge < -0.3 is 10.2 Å². The number of allylic oxidation sites excluding steroid dienone is 1. The molecule has 31 heavy (non-hydrogen) atoms. The predicted molar refractivity (Wildman–Crippen MR) is 128 cm³/mol. The highest BCUT2D eigenvalue weighted by atomic mass is 32.2. The third-order valence-electron chi connectivity index (χ3n) is 5.91. The molecule has 0 aromatic heterocycles. The number of anilines is 1. The molecule has 2 amide bonds. The SMILES string of the molecule is Cc1ccccc1/C=C1\Sc2ccc(C(=O)NCCC3=CCCCC3)cc2N(C)C1=O. The molecule has 0 bridgehead atoms. The highest BCUT2D eigenvalue weighted by Crippen LogP contribution is 2.42. The first kappa shape index (κ1) is 21.4. The number of aryl methyl sites for hydroxylation is 1. The average Bonchev–Trinajstić information content (AvgIpc) is 2.79. The van der Waals surface area contributed by atoms with Crippen LogP contribution in [0.2, 0.25) is 0 Å². The summed E-state index contributed by atoms with van der Waals surface area (Å²) in [7, 11) is 1.77. The van der Waals surface area contributed by atoms with E-state index in [1.165, 1.54) is 30.2 Å². The maximum absolute atomic E-state index is 13.0. The molecule has 1 heterocycles. The van der Waals surface area contributed by atoms with E-state index in [2.05, 4.69) is 11.4 Å². The molecule has 1 aliphatic carbocycles. The van der Waals surface area contributed by atoms with Gasteiger partial charge in [0.25, 0.3) is 11.8 Å². The molecule has 1 aliphatic heterocycles. The lowest BCUT2D eigenvalue weighted by atomic mass is 9.97. The van der Waals surface area contributed by atoms with Crippen LogP contribution < -0.4 is 10.2 Å². The smallest absolute Gasteiger partial charge is 0.264 e. The minimum absolute atomic E-state index is 0.0532. The number of carbonyl (C=O) groups is 2. The molecule has 0 unspecified atom stereocenters. The van der Waals surface area contributed by atoms with Gasteiger partial charge in [-0.3, -0.25) is 9.59 Å². The third-order valence-corrected chi connectivity index (χ3v) is 6.99. The van der Waals surface area contributed by atoms with E-state index in [-0.39, 0.29) is 11.8 Å². The van der Waals surface area contributed by atoms with E-state index in [4.69, 9.17) is 0 Å². The molecule has 1 N–H and O–H groups in total. The fraction of sp³-hybridized carbons (Fsp3) is 0.308. The molecular weight excluding hydrogens is 404 g/mol. The van der Waals surface area contributed by atoms with Crippen molar-refractivity contribution in [1.82, 2.24) is 5.32 Å². The Morgan fingerprint density at radius 3 is 2.81 bits per heavy atom. The summed E-state index contributed by atoms with van der Waals surface area (Å²) in [4.78, 5) is 28.9. The second-order valence-electron chi connectivity index (χ2n) is 8.13. The molecule has 0 atom stereocenters. The number of benzene rings is 2. The number of rotatable bonds is 5. The van der Waals surface area contributed by atoms with Gasteiger partial charge in [0.15, 0.2) is 0 Å². The Hall–Kier alpha value is -2.79. The molecule has 0 radical (unpaired) electrons. The zero-order valence-electron chi connectivity index (χ0n) is 18.1. The van der Waals surface area contributed by atoms with Crippen LogP contribution in [0.1, 0.15) is 53.6 Å². The summed E-state index contributed by atoms with van der Waals surface area (Å²) in [5.41, 5.74) is 4.99. The van der Waals surface area contributed by atoms with Crippen LogP contribution in [-0.2, 0) is 4.79 Å². The molecule has 0 fully saturated rings. The number of carbonyl (C=O) groups excluding carboxylic acids is 2. The van der Waals surface area contributed by atoms with Gasteiger partial charge in [-0.2, -0.15) is 0 Å². The Labute approximate surface area is 188 Å². The average molecular weight is 433 g/mol. The van der Waals surface area contributed by atoms with Crippen molar-refractivity contribution in [3.05, 3.63) is 75.7 Å². The van der Waals surface area contributed by atoms with Crippen molar-refractivity contribution < 1.29 is 9.59 Å². The first-order valence-corrected chi connectivity index (χ1v) is 11.7. The van der Waals surface area contributed by atoms with E-state index in [0.717, 1.165) is 41.0 Å². The number of fused-ring (bicyclic) bond motifs is 1. The van der Waals surface area contributed by atoms with Gasteiger partial charge in [-0.15, -0.1) is 0 Å². The van der Waals surface area contributed by atoms with Crippen molar-refractivity contribution in [2.75, 3.05) is 18.5 Å². The van der Waals surface area contributed by atoms with E-state index in [9.17, 15) is 9.59 Å². The van der Waals surface area contributed by atoms with E-state index < -0.39 is 0 Å². The van der Waals surface area contributed by atoms with Crippen LogP contribution in [0.5, 0.6) is 0 Å². The Bertz CT molecular complexity index is 1070. The number of hydrogen-bond donors (Lipinski definition) is 1. The minimum Gasteiger partial charge on any atom is -0.352 e. The molecule has 2 aromatic rings. The number of amides is 2. The summed E-state index contributed by atoms with van der Waals surface area (Å²) in [5, 5.41) is 3.03. The monoisotopic (exact) mass is 432 g/mol. The van der Waals surface area contributed by atoms with Crippen molar-refractivity contribution in [1.29, 1.82) is 0 Å². The van der Waals surface area contributed by atoms with Crippen molar-refractivity contribution in [3.8, 4) is 0 Å². The van der Waals surface area contributed by atoms with Gasteiger partial charge in [-0.25, -0.2) is 0 Å². The third kappa shape index (κ3) is 4.93. The number of thioether (sulfide) groups is 1. The van der Waals surface area contributed by atoms with E-state index in [1.807, 2.05) is 55.5 Å². The molecule has 2 aromatic carbocycles. The second-order valence-corrected chi connectivity index (χ2v) is 9.21. The number of nitrogens with one attached hydrogen (secondary N) is 1. The molecule has 0 saturated carbocycles. The summed E-state index contributed by atoms with van der Waals surface area (Å²) >= 11 is 1.46. The van der Waals surface area contributed by atoms with Crippen LogP contribution in [-0.4, -0.2) is 25.4 Å². The lowest BCUT2D eigenvalue weighted by Crippen LogP contribution is -2.31. The quantitative estimate of drug-likeness (QED) is 0.485. The van der Waals surface area contributed by atoms with Crippen LogP contribution in [0.3, 0.4) is 0 Å². The highest BCUT2D eigenvalue weighted by Gasteiger charge is 2.27. The Morgan fingerprint density at radius 2 is 2.03 bits per heavy atom. The summed E-state index contributed by atoms with van der Waals surface area (Å²) in [6, 6.07) is 13.6. The zero-order chi connectivity index (χ0) is 21.8. The molecule has 4 nitrogen and oxygen atoms in total. The summed E-state index contributed by atoms with van der Waals surface area (Å²) in [5.74, 6) is -0.145. The molecular formula is C26H28N2O2S. The van der Waals surface area contributed by atoms with Gasteiger partial charge in [0.05, 0.1) is 10.6 Å². The van der Waals surface area contributed by atoms with Gasteiger partial charge in [0.2, 0.25) is 0 Å². The van der Waals surface area contributed by atoms with Crippen LogP contribution in [0.25, 0.3) is 6.08 Å². The fourth-order valence-corrected chi connectivity index (χ4v) is 5.08. The zero-order valence-corrected chi connectivity index (χ0v) is 18.9. The normalized spacial score (nSPS) is 17.4. The first-order chi connectivity index (χ1) is 15.0. The molecule has 160 valence electrons. The van der Waals surface area contributed by atoms with Crippen LogP contribution in [0.4, 0.5) is 5.69 Å². The van der Waals surface area contributed by atoms with E-state index in [0.29, 0.717) is 17.0 Å². The maximum Gasteiger partial charge on any atom is 0.264 e. The topological polar surface area (TPSA) is 49.4 Å². The van der Waals surface area contributed by atoms with Gasteiger partial charge in [0.1, 0.15) is 0 Å². The second kappa shape index (κ2) is 9.56. The number of nitrogens with zero attached hydrogens (tertiary/aromatic N) is 1. The molecule has 2 aliphatic rings. The largest absolute Gasteiger partial charge is 0.352 e. The van der Waals surface area contributed by atoms with Crippen molar-refractivity contribution in [2.24, 2.45) is 0 Å². The Kier molecular flexibility index (Phi) is 6.62. The van der Waals surface area contributed by atoms with Crippen molar-refractivity contribution in [2.45, 2.75) is 43.9 Å². The van der Waals surface area contributed by atoms with Crippen molar-refractivity contribution in [3.63, 3.8) is 0 Å². The highest BCUT2D eigenvalue weighted by molar-refractivity contribution is 8.04. The van der Waals surface area contributed by atoms with Gasteiger partial charge >= 0.3 is 0 Å². The minimum atomic E-state index is -0.0914. The molecule has 5 heteroatoms. The Morgan fingerprint density at radius 1 is 1.19 bits per heavy atom. The molecule has 4 rings (SSSR count). The lowest BCUT2D eigenvalue weighted by molar-refractivity contribution is -0.114. The predicted octanol–water partition coefficient (Wildman–Crippen LogP) is 5.72. The molecule has 0 spiro atoms. The van der Waals surface area contributed by atoms with Crippen LogP contribution in [0, 0.1) is 6.92 Å². The van der Waals surface area contributed by atoms with Crippen molar-refractivity contribution >= 4 is 35.3 Å². The van der Waals surface area contributed by atoms with E-state index in [1.54, 1.807) is 11.9 Å². The summed E-state index contributed by atoms with van der Waals surface area (Å²) < 4.78 is 0. The fourth-order valence-electron chi connectivity index (χ4n) is 4.00.